The zero-order chi connectivity index (χ0) is 18.1. The molecule has 0 aliphatic carbocycles. The molecule has 2 aromatic carbocycles. The first kappa shape index (κ1) is 18.3. The maximum absolute atomic E-state index is 12.1. The van der Waals surface area contributed by atoms with Crippen molar-refractivity contribution in [1.82, 2.24) is 0 Å². The summed E-state index contributed by atoms with van der Waals surface area (Å²) in [7, 11) is 0. The van der Waals surface area contributed by atoms with Crippen LogP contribution in [0, 0.1) is 0 Å². The van der Waals surface area contributed by atoms with Crippen LogP contribution in [0.25, 0.3) is 0 Å². The molecule has 0 atom stereocenters. The molecule has 1 amide bonds. The average Bonchev–Trinajstić information content (AvgIpc) is 2.61. The second-order valence-corrected chi connectivity index (χ2v) is 5.01. The minimum atomic E-state index is -0.483. The van der Waals surface area contributed by atoms with Gasteiger partial charge in [-0.05, 0) is 38.1 Å². The van der Waals surface area contributed by atoms with E-state index in [9.17, 15) is 9.59 Å². The molecule has 2 aromatic rings. The van der Waals surface area contributed by atoms with E-state index in [0.717, 1.165) is 0 Å². The number of carbonyl (C=O) groups is 2. The summed E-state index contributed by atoms with van der Waals surface area (Å²) in [5, 5.41) is 2.66. The van der Waals surface area contributed by atoms with Crippen molar-refractivity contribution in [2.45, 2.75) is 13.8 Å². The molecule has 0 aromatic heterocycles. The lowest BCUT2D eigenvalue weighted by Gasteiger charge is -2.11. The van der Waals surface area contributed by atoms with Gasteiger partial charge in [0.15, 0.2) is 6.61 Å². The number of hydrogen-bond donors (Lipinski definition) is 1. The number of carbonyl (C=O) groups excluding carboxylic acids is 2. The zero-order valence-corrected chi connectivity index (χ0v) is 14.3. The maximum Gasteiger partial charge on any atom is 0.340 e. The summed E-state index contributed by atoms with van der Waals surface area (Å²) in [5.74, 6) is 0.343. The maximum atomic E-state index is 12.1. The number of benzene rings is 2. The van der Waals surface area contributed by atoms with Crippen LogP contribution in [-0.4, -0.2) is 31.7 Å². The fourth-order valence-corrected chi connectivity index (χ4v) is 2.13. The van der Waals surface area contributed by atoms with E-state index in [0.29, 0.717) is 29.4 Å². The summed E-state index contributed by atoms with van der Waals surface area (Å²) in [6.07, 6.45) is 0. The van der Waals surface area contributed by atoms with Gasteiger partial charge in [-0.1, -0.05) is 18.2 Å². The second-order valence-electron chi connectivity index (χ2n) is 5.01. The molecule has 0 saturated heterocycles. The van der Waals surface area contributed by atoms with Crippen molar-refractivity contribution < 1.29 is 23.8 Å². The Morgan fingerprint density at radius 3 is 2.36 bits per heavy atom. The van der Waals surface area contributed by atoms with Crippen molar-refractivity contribution in [1.29, 1.82) is 0 Å². The first-order valence-corrected chi connectivity index (χ1v) is 8.05. The predicted octanol–water partition coefficient (Wildman–Crippen LogP) is 3.28. The Kier molecular flexibility index (Phi) is 6.83. The smallest absolute Gasteiger partial charge is 0.340 e. The van der Waals surface area contributed by atoms with Crippen LogP contribution in [0.4, 0.5) is 5.69 Å². The van der Waals surface area contributed by atoms with Crippen LogP contribution in [0.3, 0.4) is 0 Å². The molecule has 0 spiro atoms. The summed E-state index contributed by atoms with van der Waals surface area (Å²) in [6, 6.07) is 13.7. The van der Waals surface area contributed by atoms with Crippen molar-refractivity contribution in [3.05, 3.63) is 54.1 Å². The molecule has 0 heterocycles. The SMILES string of the molecule is CCOC(=O)c1ccccc1NC(=O)COc1cccc(OCC)c1. The Labute approximate surface area is 146 Å². The fourth-order valence-electron chi connectivity index (χ4n) is 2.13. The first-order chi connectivity index (χ1) is 12.1. The Balaban J connectivity index is 1.97. The molecule has 0 fully saturated rings. The number of hydrogen-bond acceptors (Lipinski definition) is 5. The molecule has 2 rings (SSSR count). The highest BCUT2D eigenvalue weighted by Crippen LogP contribution is 2.20. The third-order valence-electron chi connectivity index (χ3n) is 3.18. The number of rotatable bonds is 8. The van der Waals surface area contributed by atoms with E-state index in [1.807, 2.05) is 13.0 Å². The van der Waals surface area contributed by atoms with Gasteiger partial charge in [-0.25, -0.2) is 4.79 Å². The van der Waals surface area contributed by atoms with Crippen LogP contribution >= 0.6 is 0 Å². The molecule has 0 saturated carbocycles. The first-order valence-electron chi connectivity index (χ1n) is 8.05. The van der Waals surface area contributed by atoms with Crippen LogP contribution in [0.15, 0.2) is 48.5 Å². The Morgan fingerprint density at radius 1 is 0.920 bits per heavy atom. The topological polar surface area (TPSA) is 73.9 Å². The summed E-state index contributed by atoms with van der Waals surface area (Å²) in [5.41, 5.74) is 0.689. The van der Waals surface area contributed by atoms with Crippen LogP contribution in [0.2, 0.25) is 0 Å². The van der Waals surface area contributed by atoms with Gasteiger partial charge in [0, 0.05) is 6.07 Å². The van der Waals surface area contributed by atoms with E-state index >= 15 is 0 Å². The second kappa shape index (κ2) is 9.32. The summed E-state index contributed by atoms with van der Waals surface area (Å²) in [6.45, 7) is 4.24. The lowest BCUT2D eigenvalue weighted by Crippen LogP contribution is -2.22. The number of para-hydroxylation sites is 1. The van der Waals surface area contributed by atoms with Crippen molar-refractivity contribution in [2.24, 2.45) is 0 Å². The van der Waals surface area contributed by atoms with Crippen molar-refractivity contribution in [3.63, 3.8) is 0 Å². The highest BCUT2D eigenvalue weighted by molar-refractivity contribution is 6.01. The van der Waals surface area contributed by atoms with E-state index < -0.39 is 5.97 Å². The van der Waals surface area contributed by atoms with Gasteiger partial charge in [0.25, 0.3) is 5.91 Å². The molecule has 25 heavy (non-hydrogen) atoms. The van der Waals surface area contributed by atoms with E-state index in [4.69, 9.17) is 14.2 Å². The number of esters is 1. The van der Waals surface area contributed by atoms with Crippen LogP contribution in [0.1, 0.15) is 24.2 Å². The summed E-state index contributed by atoms with van der Waals surface area (Å²) >= 11 is 0. The van der Waals surface area contributed by atoms with Crippen LogP contribution < -0.4 is 14.8 Å². The minimum absolute atomic E-state index is 0.188. The van der Waals surface area contributed by atoms with Gasteiger partial charge >= 0.3 is 5.97 Å². The van der Waals surface area contributed by atoms with Gasteiger partial charge < -0.3 is 19.5 Å². The van der Waals surface area contributed by atoms with Gasteiger partial charge in [-0.2, -0.15) is 0 Å². The molecule has 132 valence electrons. The van der Waals surface area contributed by atoms with Crippen molar-refractivity contribution in [2.75, 3.05) is 25.1 Å². The summed E-state index contributed by atoms with van der Waals surface area (Å²) in [4.78, 5) is 24.0. The molecule has 0 unspecified atom stereocenters. The molecular weight excluding hydrogens is 322 g/mol. The molecule has 0 aliphatic rings. The lowest BCUT2D eigenvalue weighted by atomic mass is 10.2. The number of anilines is 1. The monoisotopic (exact) mass is 343 g/mol. The highest BCUT2D eigenvalue weighted by atomic mass is 16.5. The molecule has 6 nitrogen and oxygen atoms in total. The third kappa shape index (κ3) is 5.53. The minimum Gasteiger partial charge on any atom is -0.494 e. The van der Waals surface area contributed by atoms with Gasteiger partial charge in [0.1, 0.15) is 11.5 Å². The average molecular weight is 343 g/mol. The van der Waals surface area contributed by atoms with E-state index in [1.54, 1.807) is 49.4 Å². The zero-order valence-electron chi connectivity index (χ0n) is 14.3. The molecule has 0 radical (unpaired) electrons. The number of amides is 1. The molecular formula is C19H21NO5. The summed E-state index contributed by atoms with van der Waals surface area (Å²) < 4.78 is 15.8. The van der Waals surface area contributed by atoms with Gasteiger partial charge in [0.05, 0.1) is 24.5 Å². The normalized spacial score (nSPS) is 10.0. The Bertz CT molecular complexity index is 729. The van der Waals surface area contributed by atoms with Crippen LogP contribution in [0.5, 0.6) is 11.5 Å². The third-order valence-corrected chi connectivity index (χ3v) is 3.18. The van der Waals surface area contributed by atoms with E-state index in [-0.39, 0.29) is 19.1 Å². The molecule has 0 bridgehead atoms. The number of nitrogens with one attached hydrogen (secondary N) is 1. The van der Waals surface area contributed by atoms with E-state index in [1.165, 1.54) is 0 Å². The van der Waals surface area contributed by atoms with Crippen molar-refractivity contribution in [3.8, 4) is 11.5 Å². The van der Waals surface area contributed by atoms with Gasteiger partial charge in [-0.15, -0.1) is 0 Å². The van der Waals surface area contributed by atoms with Crippen molar-refractivity contribution >= 4 is 17.6 Å². The molecule has 6 heteroatoms. The quantitative estimate of drug-likeness (QED) is 0.745. The van der Waals surface area contributed by atoms with Gasteiger partial charge in [-0.3, -0.25) is 4.79 Å². The Hall–Kier alpha value is -3.02. The fraction of sp³-hybridized carbons (Fsp3) is 0.263. The number of ether oxygens (including phenoxy) is 3. The Morgan fingerprint density at radius 2 is 1.64 bits per heavy atom. The predicted molar refractivity (Wildman–Crippen MR) is 94.1 cm³/mol. The molecule has 1 N–H and O–H groups in total. The van der Waals surface area contributed by atoms with E-state index in [2.05, 4.69) is 5.32 Å². The highest BCUT2D eigenvalue weighted by Gasteiger charge is 2.14. The molecule has 0 aliphatic heterocycles. The van der Waals surface area contributed by atoms with Gasteiger partial charge in [0.2, 0.25) is 0 Å². The largest absolute Gasteiger partial charge is 0.494 e. The lowest BCUT2D eigenvalue weighted by molar-refractivity contribution is -0.118. The van der Waals surface area contributed by atoms with Crippen LogP contribution in [-0.2, 0) is 9.53 Å². The standard InChI is InChI=1S/C19H21NO5/c1-3-23-14-8-7-9-15(12-14)25-13-18(21)20-17-11-6-5-10-16(17)19(22)24-4-2/h5-12H,3-4,13H2,1-2H3,(H,20,21).